The molecule has 8 N–H and O–H groups in total. The minimum Gasteiger partial charge on any atom is -0.480 e. The van der Waals surface area contributed by atoms with Crippen molar-refractivity contribution in [3.63, 3.8) is 0 Å². The number of amides is 3. The number of hydrogen-bond acceptors (Lipinski definition) is 9. The number of carboxylic acid groups (broad SMARTS) is 3. The third-order valence-corrected chi connectivity index (χ3v) is 11.0. The Labute approximate surface area is 334 Å². The van der Waals surface area contributed by atoms with Crippen molar-refractivity contribution < 1.29 is 44.1 Å². The topological polar surface area (TPSA) is 232 Å². The summed E-state index contributed by atoms with van der Waals surface area (Å²) in [6.45, 7) is 1.28. The molecule has 0 radical (unpaired) electrons. The summed E-state index contributed by atoms with van der Waals surface area (Å²) in [7, 11) is 0. The van der Waals surface area contributed by atoms with E-state index in [1.807, 2.05) is 60.7 Å². The standard InChI is InChI=1S/C42H60N6O9/c43-25-9-7-17-32(38(50)47-27-11-19-35(47)41(54)55)45-31(23-21-29-13-3-1-4-14-29)37(49)44-26-10-8-18-33(39(51)48-28-12-20-36(48)42(56)57)46-34(40(52)53)24-22-30-15-5-2-6-16-30/h1-6,13-16,31-36,45-46H,7-12,17-28,43H2,(H,44,49)(H,52,53)(H,54,55)(H,56,57)/t31-,32-,33-,34-,35+,36+/m0/s1. The predicted octanol–water partition coefficient (Wildman–Crippen LogP) is 2.56. The molecule has 0 spiro atoms. The van der Waals surface area contributed by atoms with E-state index < -0.39 is 60.1 Å². The largest absolute Gasteiger partial charge is 0.480 e. The Balaban J connectivity index is 1.42. The molecule has 4 rings (SSSR count). The number of benzene rings is 2. The SMILES string of the molecule is NCCCC[C@H](N[C@@H](CCc1ccccc1)C(=O)NCCCC[C@H](N[C@@H](CCc1ccccc1)C(=O)O)C(=O)N1CCC[C@@H]1C(=O)O)C(=O)N1CCC[C@@H]1C(=O)O. The summed E-state index contributed by atoms with van der Waals surface area (Å²) >= 11 is 0. The summed E-state index contributed by atoms with van der Waals surface area (Å²) in [5.74, 6) is -4.37. The Morgan fingerprint density at radius 2 is 1.07 bits per heavy atom. The summed E-state index contributed by atoms with van der Waals surface area (Å²) in [5, 5.41) is 38.9. The van der Waals surface area contributed by atoms with Gasteiger partial charge in [-0.1, -0.05) is 67.1 Å². The van der Waals surface area contributed by atoms with Gasteiger partial charge in [0, 0.05) is 19.6 Å². The first-order valence-electron chi connectivity index (χ1n) is 20.4. The molecule has 2 aliphatic rings. The number of carboxylic acids is 3. The van der Waals surface area contributed by atoms with Crippen LogP contribution in [0.1, 0.15) is 88.2 Å². The maximum absolute atomic E-state index is 13.8. The number of aryl methyl sites for hydroxylation is 2. The minimum atomic E-state index is -1.11. The van der Waals surface area contributed by atoms with E-state index in [0.717, 1.165) is 11.1 Å². The van der Waals surface area contributed by atoms with Gasteiger partial charge in [0.15, 0.2) is 0 Å². The van der Waals surface area contributed by atoms with E-state index in [1.54, 1.807) is 0 Å². The number of likely N-dealkylation sites (tertiary alicyclic amines) is 2. The van der Waals surface area contributed by atoms with Crippen molar-refractivity contribution >= 4 is 35.6 Å². The van der Waals surface area contributed by atoms with Gasteiger partial charge in [-0.15, -0.1) is 0 Å². The molecule has 2 aromatic rings. The summed E-state index contributed by atoms with van der Waals surface area (Å²) < 4.78 is 0. The molecule has 0 bridgehead atoms. The van der Waals surface area contributed by atoms with Gasteiger partial charge >= 0.3 is 17.9 Å². The highest BCUT2D eigenvalue weighted by Crippen LogP contribution is 2.22. The molecule has 15 heteroatoms. The van der Waals surface area contributed by atoms with E-state index in [2.05, 4.69) is 16.0 Å². The highest BCUT2D eigenvalue weighted by molar-refractivity contribution is 5.89. The Hall–Kier alpha value is -4.86. The number of rotatable bonds is 25. The van der Waals surface area contributed by atoms with E-state index >= 15 is 0 Å². The second-order valence-electron chi connectivity index (χ2n) is 15.1. The fourth-order valence-corrected chi connectivity index (χ4v) is 7.80. The van der Waals surface area contributed by atoms with Gasteiger partial charge in [0.05, 0.1) is 18.1 Å². The van der Waals surface area contributed by atoms with Gasteiger partial charge in [-0.2, -0.15) is 0 Å². The van der Waals surface area contributed by atoms with Crippen LogP contribution >= 0.6 is 0 Å². The Morgan fingerprint density at radius 3 is 1.53 bits per heavy atom. The van der Waals surface area contributed by atoms with Crippen LogP contribution in [0.15, 0.2) is 60.7 Å². The molecule has 15 nitrogen and oxygen atoms in total. The van der Waals surface area contributed by atoms with Crippen LogP contribution in [0.5, 0.6) is 0 Å². The van der Waals surface area contributed by atoms with Crippen LogP contribution in [-0.2, 0) is 41.6 Å². The number of nitrogens with zero attached hydrogens (tertiary/aromatic N) is 2. The molecule has 3 amide bonds. The summed E-state index contributed by atoms with van der Waals surface area (Å²) in [6.07, 6.45) is 6.21. The van der Waals surface area contributed by atoms with Crippen molar-refractivity contribution in [1.29, 1.82) is 0 Å². The highest BCUT2D eigenvalue weighted by Gasteiger charge is 2.39. The first kappa shape index (κ1) is 44.8. The Morgan fingerprint density at radius 1 is 0.614 bits per heavy atom. The number of unbranched alkanes of at least 4 members (excludes halogenated alkanes) is 2. The number of nitrogens with two attached hydrogens (primary N) is 1. The van der Waals surface area contributed by atoms with Gasteiger partial charge in [-0.05, 0) is 101 Å². The maximum atomic E-state index is 13.8. The molecule has 2 saturated heterocycles. The molecule has 57 heavy (non-hydrogen) atoms. The summed E-state index contributed by atoms with van der Waals surface area (Å²) in [4.78, 5) is 80.4. The van der Waals surface area contributed by atoms with Gasteiger partial charge in [-0.25, -0.2) is 9.59 Å². The van der Waals surface area contributed by atoms with Crippen LogP contribution in [0.4, 0.5) is 0 Å². The third-order valence-electron chi connectivity index (χ3n) is 11.0. The number of carbonyl (C=O) groups excluding carboxylic acids is 3. The lowest BCUT2D eigenvalue weighted by Crippen LogP contribution is -2.56. The first-order valence-corrected chi connectivity index (χ1v) is 20.4. The first-order chi connectivity index (χ1) is 27.5. The molecule has 2 fully saturated rings. The van der Waals surface area contributed by atoms with Crippen molar-refractivity contribution in [2.24, 2.45) is 5.73 Å². The molecule has 2 heterocycles. The van der Waals surface area contributed by atoms with E-state index in [1.165, 1.54) is 9.80 Å². The third kappa shape index (κ3) is 13.9. The van der Waals surface area contributed by atoms with Gasteiger partial charge in [-0.3, -0.25) is 29.8 Å². The number of hydrogen-bond donors (Lipinski definition) is 7. The zero-order chi connectivity index (χ0) is 41.2. The average Bonchev–Trinajstić information content (AvgIpc) is 3.91. The van der Waals surface area contributed by atoms with Gasteiger partial charge in [0.1, 0.15) is 18.1 Å². The van der Waals surface area contributed by atoms with Crippen LogP contribution in [0, 0.1) is 0 Å². The lowest BCUT2D eigenvalue weighted by Gasteiger charge is -2.30. The van der Waals surface area contributed by atoms with Crippen LogP contribution in [0.25, 0.3) is 0 Å². The fraction of sp³-hybridized carbons (Fsp3) is 0.571. The molecular formula is C42H60N6O9. The normalized spacial score (nSPS) is 18.8. The Bertz CT molecular complexity index is 1610. The summed E-state index contributed by atoms with van der Waals surface area (Å²) in [6, 6.07) is 13.6. The van der Waals surface area contributed by atoms with Crippen molar-refractivity contribution in [3.05, 3.63) is 71.8 Å². The molecule has 2 aliphatic heterocycles. The van der Waals surface area contributed by atoms with Gasteiger partial charge in [0.25, 0.3) is 0 Å². The highest BCUT2D eigenvalue weighted by atomic mass is 16.4. The molecule has 312 valence electrons. The minimum absolute atomic E-state index is 0.223. The van der Waals surface area contributed by atoms with Crippen molar-refractivity contribution in [2.75, 3.05) is 26.2 Å². The van der Waals surface area contributed by atoms with Gasteiger partial charge in [0.2, 0.25) is 17.7 Å². The van der Waals surface area contributed by atoms with Crippen molar-refractivity contribution in [2.45, 2.75) is 126 Å². The van der Waals surface area contributed by atoms with E-state index in [0.29, 0.717) is 90.1 Å². The van der Waals surface area contributed by atoms with Crippen LogP contribution in [0.2, 0.25) is 0 Å². The van der Waals surface area contributed by atoms with Crippen molar-refractivity contribution in [1.82, 2.24) is 25.8 Å². The lowest BCUT2D eigenvalue weighted by atomic mass is 10.0. The van der Waals surface area contributed by atoms with Crippen molar-refractivity contribution in [3.8, 4) is 0 Å². The quantitative estimate of drug-likeness (QED) is 0.0720. The monoisotopic (exact) mass is 792 g/mol. The predicted molar refractivity (Wildman–Crippen MR) is 213 cm³/mol. The van der Waals surface area contributed by atoms with Crippen LogP contribution in [-0.4, -0.2) is 123 Å². The maximum Gasteiger partial charge on any atom is 0.326 e. The second-order valence-corrected chi connectivity index (χ2v) is 15.1. The molecule has 6 atom stereocenters. The zero-order valence-electron chi connectivity index (χ0n) is 32.7. The van der Waals surface area contributed by atoms with E-state index in [-0.39, 0.29) is 37.7 Å². The Kier molecular flexibility index (Phi) is 18.4. The number of carbonyl (C=O) groups is 6. The molecule has 0 aromatic heterocycles. The lowest BCUT2D eigenvalue weighted by molar-refractivity contribution is -0.149. The summed E-state index contributed by atoms with van der Waals surface area (Å²) in [5.41, 5.74) is 7.71. The van der Waals surface area contributed by atoms with Crippen LogP contribution in [0.3, 0.4) is 0 Å². The van der Waals surface area contributed by atoms with Gasteiger partial charge < -0.3 is 36.2 Å². The van der Waals surface area contributed by atoms with Crippen LogP contribution < -0.4 is 21.7 Å². The number of nitrogens with one attached hydrogen (secondary N) is 3. The molecule has 2 aromatic carbocycles. The second kappa shape index (κ2) is 23.4. The molecule has 0 saturated carbocycles. The zero-order valence-corrected chi connectivity index (χ0v) is 32.7. The molecule has 0 unspecified atom stereocenters. The molecule has 0 aliphatic carbocycles. The fourth-order valence-electron chi connectivity index (χ4n) is 7.80. The average molecular weight is 793 g/mol. The molecular weight excluding hydrogens is 732 g/mol. The smallest absolute Gasteiger partial charge is 0.326 e. The number of aliphatic carboxylic acids is 3. The van der Waals surface area contributed by atoms with E-state index in [9.17, 15) is 44.1 Å². The van der Waals surface area contributed by atoms with E-state index in [4.69, 9.17) is 5.73 Å².